The van der Waals surface area contributed by atoms with Gasteiger partial charge in [0, 0.05) is 24.8 Å². The van der Waals surface area contributed by atoms with Crippen LogP contribution in [0.2, 0.25) is 0 Å². The van der Waals surface area contributed by atoms with Crippen molar-refractivity contribution in [1.82, 2.24) is 4.90 Å². The van der Waals surface area contributed by atoms with Crippen molar-refractivity contribution in [3.63, 3.8) is 0 Å². The fourth-order valence-electron chi connectivity index (χ4n) is 2.48. The quantitative estimate of drug-likeness (QED) is 0.752. The number of hydrogen-bond donors (Lipinski definition) is 1. The molecule has 2 N–H and O–H groups in total. The largest absolute Gasteiger partial charge is 0.372 e. The van der Waals surface area contributed by atoms with Crippen molar-refractivity contribution >= 4 is 5.69 Å². The molecule has 0 saturated carbocycles. The normalized spacial score (nSPS) is 12.7. The van der Waals surface area contributed by atoms with E-state index in [2.05, 4.69) is 54.8 Å². The highest BCUT2D eigenvalue weighted by Gasteiger charge is 2.06. The van der Waals surface area contributed by atoms with Crippen LogP contribution in [0.1, 0.15) is 45.7 Å². The smallest absolute Gasteiger partial charge is 0.0366 e. The molecule has 1 rings (SSSR count). The van der Waals surface area contributed by atoms with Gasteiger partial charge in [-0.3, -0.25) is 0 Å². The summed E-state index contributed by atoms with van der Waals surface area (Å²) in [5.74, 6) is 0. The van der Waals surface area contributed by atoms with E-state index in [-0.39, 0.29) is 6.04 Å². The summed E-state index contributed by atoms with van der Waals surface area (Å²) in [5, 5.41) is 0. The fourth-order valence-corrected chi connectivity index (χ4v) is 2.48. The number of anilines is 1. The van der Waals surface area contributed by atoms with Gasteiger partial charge in [-0.15, -0.1) is 0 Å². The SMILES string of the molecule is CCN(CC)CCCN(CC)c1ccc([C@@H](C)N)cc1. The van der Waals surface area contributed by atoms with Crippen LogP contribution in [-0.4, -0.2) is 37.6 Å². The monoisotopic (exact) mass is 277 g/mol. The zero-order valence-electron chi connectivity index (χ0n) is 13.6. The van der Waals surface area contributed by atoms with Crippen LogP contribution in [0.4, 0.5) is 5.69 Å². The zero-order valence-corrected chi connectivity index (χ0v) is 13.6. The average Bonchev–Trinajstić information content (AvgIpc) is 2.48. The highest BCUT2D eigenvalue weighted by atomic mass is 15.1. The molecule has 3 nitrogen and oxygen atoms in total. The maximum atomic E-state index is 5.90. The van der Waals surface area contributed by atoms with Gasteiger partial charge in [-0.1, -0.05) is 26.0 Å². The van der Waals surface area contributed by atoms with E-state index in [1.54, 1.807) is 0 Å². The fraction of sp³-hybridized carbons (Fsp3) is 0.647. The predicted molar refractivity (Wildman–Crippen MR) is 89.3 cm³/mol. The molecule has 1 atom stereocenters. The zero-order chi connectivity index (χ0) is 15.0. The van der Waals surface area contributed by atoms with Gasteiger partial charge in [0.15, 0.2) is 0 Å². The summed E-state index contributed by atoms with van der Waals surface area (Å²) >= 11 is 0. The summed E-state index contributed by atoms with van der Waals surface area (Å²) in [4.78, 5) is 4.92. The summed E-state index contributed by atoms with van der Waals surface area (Å²) in [5.41, 5.74) is 8.40. The van der Waals surface area contributed by atoms with Crippen LogP contribution in [-0.2, 0) is 0 Å². The maximum absolute atomic E-state index is 5.90. The lowest BCUT2D eigenvalue weighted by molar-refractivity contribution is 0.301. The average molecular weight is 277 g/mol. The Morgan fingerprint density at radius 2 is 1.55 bits per heavy atom. The van der Waals surface area contributed by atoms with E-state index in [0.717, 1.165) is 26.2 Å². The second-order valence-electron chi connectivity index (χ2n) is 5.34. The Labute approximate surface area is 124 Å². The minimum absolute atomic E-state index is 0.113. The van der Waals surface area contributed by atoms with E-state index >= 15 is 0 Å². The lowest BCUT2D eigenvalue weighted by Crippen LogP contribution is -2.30. The van der Waals surface area contributed by atoms with E-state index < -0.39 is 0 Å². The van der Waals surface area contributed by atoms with E-state index in [0.29, 0.717) is 0 Å². The van der Waals surface area contributed by atoms with Gasteiger partial charge in [-0.05, 0) is 57.6 Å². The van der Waals surface area contributed by atoms with Crippen molar-refractivity contribution in [1.29, 1.82) is 0 Å². The van der Waals surface area contributed by atoms with Crippen molar-refractivity contribution < 1.29 is 0 Å². The second-order valence-corrected chi connectivity index (χ2v) is 5.34. The summed E-state index contributed by atoms with van der Waals surface area (Å²) in [6.07, 6.45) is 1.21. The lowest BCUT2D eigenvalue weighted by Gasteiger charge is -2.25. The second kappa shape index (κ2) is 8.98. The Kier molecular flexibility index (Phi) is 7.63. The van der Waals surface area contributed by atoms with Crippen molar-refractivity contribution in [2.24, 2.45) is 5.73 Å². The minimum atomic E-state index is 0.113. The first-order valence-corrected chi connectivity index (χ1v) is 7.95. The minimum Gasteiger partial charge on any atom is -0.372 e. The predicted octanol–water partition coefficient (Wildman–Crippen LogP) is 3.26. The Morgan fingerprint density at radius 3 is 2.00 bits per heavy atom. The van der Waals surface area contributed by atoms with Crippen LogP contribution in [0.15, 0.2) is 24.3 Å². The van der Waals surface area contributed by atoms with Crippen LogP contribution in [0.3, 0.4) is 0 Å². The molecule has 0 aliphatic rings. The molecule has 0 saturated heterocycles. The molecular weight excluding hydrogens is 246 g/mol. The van der Waals surface area contributed by atoms with Crippen molar-refractivity contribution in [2.75, 3.05) is 37.6 Å². The molecule has 0 amide bonds. The lowest BCUT2D eigenvalue weighted by atomic mass is 10.1. The number of nitrogens with zero attached hydrogens (tertiary/aromatic N) is 2. The summed E-state index contributed by atoms with van der Waals surface area (Å²) in [6.45, 7) is 14.3. The highest BCUT2D eigenvalue weighted by Crippen LogP contribution is 2.18. The summed E-state index contributed by atoms with van der Waals surface area (Å²) in [6, 6.07) is 8.79. The molecule has 0 aliphatic heterocycles. The van der Waals surface area contributed by atoms with Crippen molar-refractivity contribution in [2.45, 2.75) is 40.2 Å². The third kappa shape index (κ3) is 5.14. The molecule has 3 heteroatoms. The number of hydrogen-bond acceptors (Lipinski definition) is 3. The molecular formula is C17H31N3. The summed E-state index contributed by atoms with van der Waals surface area (Å²) in [7, 11) is 0. The van der Waals surface area contributed by atoms with Gasteiger partial charge in [-0.2, -0.15) is 0 Å². The third-order valence-electron chi connectivity index (χ3n) is 3.96. The Balaban J connectivity index is 2.53. The van der Waals surface area contributed by atoms with Crippen molar-refractivity contribution in [3.05, 3.63) is 29.8 Å². The van der Waals surface area contributed by atoms with Crippen LogP contribution >= 0.6 is 0 Å². The van der Waals surface area contributed by atoms with Gasteiger partial charge in [0.1, 0.15) is 0 Å². The maximum Gasteiger partial charge on any atom is 0.0366 e. The first-order chi connectivity index (χ1) is 9.62. The van der Waals surface area contributed by atoms with Gasteiger partial charge in [0.05, 0.1) is 0 Å². The first-order valence-electron chi connectivity index (χ1n) is 7.95. The van der Waals surface area contributed by atoms with Crippen LogP contribution in [0.5, 0.6) is 0 Å². The van der Waals surface area contributed by atoms with E-state index in [9.17, 15) is 0 Å². The molecule has 114 valence electrons. The topological polar surface area (TPSA) is 32.5 Å². The molecule has 0 radical (unpaired) electrons. The number of nitrogens with two attached hydrogens (primary N) is 1. The molecule has 20 heavy (non-hydrogen) atoms. The van der Waals surface area contributed by atoms with E-state index in [4.69, 9.17) is 5.73 Å². The first kappa shape index (κ1) is 17.0. The van der Waals surface area contributed by atoms with E-state index in [1.165, 1.54) is 24.2 Å². The summed E-state index contributed by atoms with van der Waals surface area (Å²) < 4.78 is 0. The van der Waals surface area contributed by atoms with Crippen molar-refractivity contribution in [3.8, 4) is 0 Å². The van der Waals surface area contributed by atoms with Crippen LogP contribution in [0.25, 0.3) is 0 Å². The van der Waals surface area contributed by atoms with Gasteiger partial charge < -0.3 is 15.5 Å². The molecule has 1 aromatic rings. The molecule has 0 aliphatic carbocycles. The van der Waals surface area contributed by atoms with Gasteiger partial charge in [-0.25, -0.2) is 0 Å². The number of benzene rings is 1. The third-order valence-corrected chi connectivity index (χ3v) is 3.96. The Morgan fingerprint density at radius 1 is 0.950 bits per heavy atom. The Bertz CT molecular complexity index is 355. The number of rotatable bonds is 9. The van der Waals surface area contributed by atoms with Crippen LogP contribution in [0, 0.1) is 0 Å². The standard InChI is InChI=1S/C17H31N3/c1-5-19(6-2)13-8-14-20(7-3)17-11-9-16(10-12-17)15(4)18/h9-12,15H,5-8,13-14,18H2,1-4H3/t15-/m1/s1. The molecule has 0 unspecified atom stereocenters. The van der Waals surface area contributed by atoms with E-state index in [1.807, 2.05) is 6.92 Å². The van der Waals surface area contributed by atoms with Gasteiger partial charge >= 0.3 is 0 Å². The molecule has 0 spiro atoms. The van der Waals surface area contributed by atoms with Gasteiger partial charge in [0.25, 0.3) is 0 Å². The molecule has 0 aromatic heterocycles. The van der Waals surface area contributed by atoms with Crippen LogP contribution < -0.4 is 10.6 Å². The highest BCUT2D eigenvalue weighted by molar-refractivity contribution is 5.47. The molecule has 0 heterocycles. The Hall–Kier alpha value is -1.06. The molecule has 0 fully saturated rings. The molecule has 0 bridgehead atoms. The molecule has 1 aromatic carbocycles. The van der Waals surface area contributed by atoms with Gasteiger partial charge in [0.2, 0.25) is 0 Å².